The molecule has 0 amide bonds. The SMILES string of the molecule is CCNc1c(F)cc(C(C)=O)cc1F. The molecule has 0 atom stereocenters. The summed E-state index contributed by atoms with van der Waals surface area (Å²) in [5.74, 6) is -1.83. The summed E-state index contributed by atoms with van der Waals surface area (Å²) in [6.45, 7) is 3.42. The molecule has 0 aromatic heterocycles. The lowest BCUT2D eigenvalue weighted by Gasteiger charge is -2.07. The van der Waals surface area contributed by atoms with Crippen molar-refractivity contribution in [3.05, 3.63) is 29.3 Å². The third-order valence-corrected chi connectivity index (χ3v) is 1.80. The maximum Gasteiger partial charge on any atom is 0.160 e. The standard InChI is InChI=1S/C10H11F2NO/c1-3-13-10-8(11)4-7(6(2)14)5-9(10)12/h4-5,13H,3H2,1-2H3. The van der Waals surface area contributed by atoms with E-state index in [9.17, 15) is 13.6 Å². The Morgan fingerprint density at radius 3 is 2.21 bits per heavy atom. The van der Waals surface area contributed by atoms with Crippen LogP contribution in [0.4, 0.5) is 14.5 Å². The molecule has 0 heterocycles. The van der Waals surface area contributed by atoms with Gasteiger partial charge in [-0.25, -0.2) is 8.78 Å². The normalized spacial score (nSPS) is 10.0. The molecule has 0 radical (unpaired) electrons. The Balaban J connectivity index is 3.18. The monoisotopic (exact) mass is 199 g/mol. The van der Waals surface area contributed by atoms with E-state index in [-0.39, 0.29) is 17.0 Å². The highest BCUT2D eigenvalue weighted by Gasteiger charge is 2.11. The lowest BCUT2D eigenvalue weighted by atomic mass is 10.1. The second kappa shape index (κ2) is 4.17. The quantitative estimate of drug-likeness (QED) is 0.758. The van der Waals surface area contributed by atoms with Gasteiger partial charge in [-0.05, 0) is 26.0 Å². The second-order valence-corrected chi connectivity index (χ2v) is 2.90. The van der Waals surface area contributed by atoms with Crippen LogP contribution in [-0.2, 0) is 0 Å². The number of halogens is 2. The fourth-order valence-corrected chi connectivity index (χ4v) is 1.12. The van der Waals surface area contributed by atoms with Crippen LogP contribution in [0.3, 0.4) is 0 Å². The molecule has 0 aliphatic rings. The van der Waals surface area contributed by atoms with Crippen molar-refractivity contribution in [1.82, 2.24) is 0 Å². The van der Waals surface area contributed by atoms with Crippen LogP contribution in [0.2, 0.25) is 0 Å². The summed E-state index contributed by atoms with van der Waals surface area (Å²) in [5.41, 5.74) is -0.140. The molecular weight excluding hydrogens is 188 g/mol. The highest BCUT2D eigenvalue weighted by atomic mass is 19.1. The number of Topliss-reactive ketones (excluding diaryl/α,β-unsaturated/α-hetero) is 1. The molecule has 2 nitrogen and oxygen atoms in total. The number of ketones is 1. The zero-order chi connectivity index (χ0) is 10.7. The van der Waals surface area contributed by atoms with E-state index in [0.29, 0.717) is 6.54 Å². The van der Waals surface area contributed by atoms with Crippen molar-refractivity contribution in [2.45, 2.75) is 13.8 Å². The molecule has 0 aliphatic carbocycles. The number of carbonyl (C=O) groups is 1. The second-order valence-electron chi connectivity index (χ2n) is 2.90. The van der Waals surface area contributed by atoms with Gasteiger partial charge in [0, 0.05) is 12.1 Å². The lowest BCUT2D eigenvalue weighted by molar-refractivity contribution is 0.101. The number of hydrogen-bond donors (Lipinski definition) is 1. The zero-order valence-electron chi connectivity index (χ0n) is 8.03. The Hall–Kier alpha value is -1.45. The molecule has 0 aliphatic heterocycles. The topological polar surface area (TPSA) is 29.1 Å². The van der Waals surface area contributed by atoms with Gasteiger partial charge in [-0.2, -0.15) is 0 Å². The van der Waals surface area contributed by atoms with Crippen LogP contribution < -0.4 is 5.32 Å². The van der Waals surface area contributed by atoms with Crippen molar-refractivity contribution >= 4 is 11.5 Å². The van der Waals surface area contributed by atoms with E-state index in [2.05, 4.69) is 5.32 Å². The summed E-state index contributed by atoms with van der Waals surface area (Å²) in [6.07, 6.45) is 0. The minimum Gasteiger partial charge on any atom is -0.381 e. The number of nitrogens with one attached hydrogen (secondary N) is 1. The van der Waals surface area contributed by atoms with Crippen LogP contribution in [0.1, 0.15) is 24.2 Å². The highest BCUT2D eigenvalue weighted by Crippen LogP contribution is 2.20. The predicted octanol–water partition coefficient (Wildman–Crippen LogP) is 2.60. The number of anilines is 1. The van der Waals surface area contributed by atoms with Crippen LogP contribution >= 0.6 is 0 Å². The van der Waals surface area contributed by atoms with Crippen molar-refractivity contribution in [1.29, 1.82) is 0 Å². The number of rotatable bonds is 3. The molecule has 4 heteroatoms. The first kappa shape index (κ1) is 10.6. The van der Waals surface area contributed by atoms with Crippen LogP contribution in [-0.4, -0.2) is 12.3 Å². The molecular formula is C10H11F2NO. The van der Waals surface area contributed by atoms with Crippen LogP contribution in [0, 0.1) is 11.6 Å². The average Bonchev–Trinajstić information content (AvgIpc) is 2.10. The molecule has 14 heavy (non-hydrogen) atoms. The molecule has 0 saturated carbocycles. The average molecular weight is 199 g/mol. The fourth-order valence-electron chi connectivity index (χ4n) is 1.12. The van der Waals surface area contributed by atoms with Crippen molar-refractivity contribution < 1.29 is 13.6 Å². The summed E-state index contributed by atoms with van der Waals surface area (Å²) >= 11 is 0. The van der Waals surface area contributed by atoms with E-state index in [1.807, 2.05) is 0 Å². The molecule has 0 fully saturated rings. The van der Waals surface area contributed by atoms with Crippen molar-refractivity contribution in [2.75, 3.05) is 11.9 Å². The summed E-state index contributed by atoms with van der Waals surface area (Å²) < 4.78 is 26.4. The first-order chi connectivity index (χ1) is 6.56. The largest absolute Gasteiger partial charge is 0.381 e. The van der Waals surface area contributed by atoms with E-state index in [1.54, 1.807) is 6.92 Å². The maximum absolute atomic E-state index is 13.2. The molecule has 0 unspecified atom stereocenters. The van der Waals surface area contributed by atoms with Gasteiger partial charge in [-0.3, -0.25) is 4.79 Å². The molecule has 1 rings (SSSR count). The molecule has 1 aromatic carbocycles. The van der Waals surface area contributed by atoms with E-state index in [1.165, 1.54) is 6.92 Å². The Bertz CT molecular complexity index is 340. The summed E-state index contributed by atoms with van der Waals surface area (Å²) in [7, 11) is 0. The first-order valence-electron chi connectivity index (χ1n) is 4.30. The molecule has 0 spiro atoms. The minimum absolute atomic E-state index is 0.0432. The first-order valence-corrected chi connectivity index (χ1v) is 4.30. The van der Waals surface area contributed by atoms with E-state index < -0.39 is 11.6 Å². The van der Waals surface area contributed by atoms with Crippen molar-refractivity contribution in [3.8, 4) is 0 Å². The van der Waals surface area contributed by atoms with Crippen LogP contribution in [0.25, 0.3) is 0 Å². The van der Waals surface area contributed by atoms with Gasteiger partial charge in [-0.1, -0.05) is 0 Å². The summed E-state index contributed by atoms with van der Waals surface area (Å²) in [6, 6.07) is 2.06. The van der Waals surface area contributed by atoms with Gasteiger partial charge >= 0.3 is 0 Å². The van der Waals surface area contributed by atoms with E-state index >= 15 is 0 Å². The van der Waals surface area contributed by atoms with Gasteiger partial charge in [-0.15, -0.1) is 0 Å². The zero-order valence-corrected chi connectivity index (χ0v) is 8.03. The Labute approximate surface area is 80.9 Å². The summed E-state index contributed by atoms with van der Waals surface area (Å²) in [4.78, 5) is 10.9. The number of carbonyl (C=O) groups excluding carboxylic acids is 1. The van der Waals surface area contributed by atoms with Crippen LogP contribution in [0.5, 0.6) is 0 Å². The van der Waals surface area contributed by atoms with Gasteiger partial charge in [0.15, 0.2) is 5.78 Å². The number of benzene rings is 1. The summed E-state index contributed by atoms with van der Waals surface area (Å²) in [5, 5.41) is 2.55. The third kappa shape index (κ3) is 2.07. The van der Waals surface area contributed by atoms with Gasteiger partial charge < -0.3 is 5.32 Å². The highest BCUT2D eigenvalue weighted by molar-refractivity contribution is 5.94. The smallest absolute Gasteiger partial charge is 0.160 e. The van der Waals surface area contributed by atoms with Gasteiger partial charge in [0.1, 0.15) is 17.3 Å². The maximum atomic E-state index is 13.2. The Morgan fingerprint density at radius 2 is 1.86 bits per heavy atom. The Morgan fingerprint density at radius 1 is 1.36 bits per heavy atom. The molecule has 0 bridgehead atoms. The van der Waals surface area contributed by atoms with Gasteiger partial charge in [0.25, 0.3) is 0 Å². The fraction of sp³-hybridized carbons (Fsp3) is 0.300. The third-order valence-electron chi connectivity index (χ3n) is 1.80. The van der Waals surface area contributed by atoms with Gasteiger partial charge in [0.05, 0.1) is 0 Å². The molecule has 1 N–H and O–H groups in total. The Kier molecular flexibility index (Phi) is 3.17. The predicted molar refractivity (Wildman–Crippen MR) is 50.5 cm³/mol. The van der Waals surface area contributed by atoms with E-state index in [0.717, 1.165) is 12.1 Å². The number of hydrogen-bond acceptors (Lipinski definition) is 2. The minimum atomic E-state index is -0.739. The lowest BCUT2D eigenvalue weighted by Crippen LogP contribution is -2.04. The molecule has 76 valence electrons. The van der Waals surface area contributed by atoms with Crippen LogP contribution in [0.15, 0.2) is 12.1 Å². The van der Waals surface area contributed by atoms with E-state index in [4.69, 9.17) is 0 Å². The van der Waals surface area contributed by atoms with Crippen molar-refractivity contribution in [3.63, 3.8) is 0 Å². The molecule has 1 aromatic rings. The van der Waals surface area contributed by atoms with Crippen molar-refractivity contribution in [2.24, 2.45) is 0 Å². The molecule has 0 saturated heterocycles. The van der Waals surface area contributed by atoms with Gasteiger partial charge in [0.2, 0.25) is 0 Å².